The highest BCUT2D eigenvalue weighted by molar-refractivity contribution is 5.76. The standard InChI is InChI=1S/C9H12O2/c1-4-5-6-7(8(10)11)9(6,2)3/h5-7H,1H2,2-3H3,(H,10,11). The summed E-state index contributed by atoms with van der Waals surface area (Å²) in [4.78, 5) is 10.6. The molecule has 2 heteroatoms. The SMILES string of the molecule is C=C=CC1C(C(=O)O)C1(C)C. The Labute approximate surface area is 66.2 Å². The molecule has 1 aliphatic carbocycles. The molecule has 0 radical (unpaired) electrons. The van der Waals surface area contributed by atoms with E-state index in [0.29, 0.717) is 0 Å². The summed E-state index contributed by atoms with van der Waals surface area (Å²) < 4.78 is 0. The van der Waals surface area contributed by atoms with Crippen LogP contribution >= 0.6 is 0 Å². The predicted molar refractivity (Wildman–Crippen MR) is 42.1 cm³/mol. The fourth-order valence-electron chi connectivity index (χ4n) is 1.59. The summed E-state index contributed by atoms with van der Waals surface area (Å²) in [5.41, 5.74) is 2.53. The van der Waals surface area contributed by atoms with Gasteiger partial charge in [-0.25, -0.2) is 0 Å². The summed E-state index contributed by atoms with van der Waals surface area (Å²) >= 11 is 0. The van der Waals surface area contributed by atoms with Crippen LogP contribution in [0.15, 0.2) is 18.4 Å². The van der Waals surface area contributed by atoms with Crippen LogP contribution in [0.25, 0.3) is 0 Å². The van der Waals surface area contributed by atoms with Gasteiger partial charge in [-0.1, -0.05) is 20.4 Å². The second kappa shape index (κ2) is 2.24. The zero-order chi connectivity index (χ0) is 8.65. The molecular weight excluding hydrogens is 140 g/mol. The van der Waals surface area contributed by atoms with Gasteiger partial charge in [0.2, 0.25) is 0 Å². The Bertz CT molecular complexity index is 224. The molecule has 0 saturated heterocycles. The number of allylic oxidation sites excluding steroid dienone is 1. The number of hydrogen-bond acceptors (Lipinski definition) is 1. The Hall–Kier alpha value is -1.01. The second-order valence-corrected chi connectivity index (χ2v) is 3.53. The molecule has 0 spiro atoms. The van der Waals surface area contributed by atoms with E-state index >= 15 is 0 Å². The monoisotopic (exact) mass is 152 g/mol. The highest BCUT2D eigenvalue weighted by Gasteiger charge is 2.60. The maximum Gasteiger partial charge on any atom is 0.307 e. The van der Waals surface area contributed by atoms with Crippen molar-refractivity contribution >= 4 is 5.97 Å². The normalized spacial score (nSPS) is 32.2. The van der Waals surface area contributed by atoms with Crippen LogP contribution in [0.2, 0.25) is 0 Å². The topological polar surface area (TPSA) is 37.3 Å². The lowest BCUT2D eigenvalue weighted by atomic mass is 10.1. The lowest BCUT2D eigenvalue weighted by molar-refractivity contribution is -0.139. The van der Waals surface area contributed by atoms with Crippen molar-refractivity contribution < 1.29 is 9.90 Å². The molecule has 11 heavy (non-hydrogen) atoms. The van der Waals surface area contributed by atoms with Crippen molar-refractivity contribution in [3.8, 4) is 0 Å². The smallest absolute Gasteiger partial charge is 0.307 e. The first-order valence-electron chi connectivity index (χ1n) is 3.60. The van der Waals surface area contributed by atoms with E-state index in [1.54, 1.807) is 6.08 Å². The molecule has 0 heterocycles. The van der Waals surface area contributed by atoms with Gasteiger partial charge in [0.1, 0.15) is 0 Å². The van der Waals surface area contributed by atoms with Gasteiger partial charge < -0.3 is 5.11 Å². The average molecular weight is 152 g/mol. The Morgan fingerprint density at radius 1 is 1.73 bits per heavy atom. The predicted octanol–water partition coefficient (Wildman–Crippen LogP) is 1.68. The quantitative estimate of drug-likeness (QED) is 0.611. The average Bonchev–Trinajstić information content (AvgIpc) is 2.35. The van der Waals surface area contributed by atoms with Crippen molar-refractivity contribution in [3.05, 3.63) is 18.4 Å². The van der Waals surface area contributed by atoms with Crippen LogP contribution in [0.3, 0.4) is 0 Å². The first-order chi connectivity index (χ1) is 5.01. The summed E-state index contributed by atoms with van der Waals surface area (Å²) in [7, 11) is 0. The highest BCUT2D eigenvalue weighted by atomic mass is 16.4. The zero-order valence-corrected chi connectivity index (χ0v) is 6.79. The van der Waals surface area contributed by atoms with Gasteiger partial charge in [0.05, 0.1) is 5.92 Å². The van der Waals surface area contributed by atoms with Crippen LogP contribution in [0, 0.1) is 17.3 Å². The Balaban J connectivity index is 2.75. The highest BCUT2D eigenvalue weighted by Crippen LogP contribution is 2.58. The van der Waals surface area contributed by atoms with Crippen molar-refractivity contribution in [2.75, 3.05) is 0 Å². The van der Waals surface area contributed by atoms with E-state index in [-0.39, 0.29) is 17.3 Å². The fourth-order valence-corrected chi connectivity index (χ4v) is 1.59. The zero-order valence-electron chi connectivity index (χ0n) is 6.79. The minimum atomic E-state index is -0.716. The molecule has 0 bridgehead atoms. The van der Waals surface area contributed by atoms with E-state index in [0.717, 1.165) is 0 Å². The van der Waals surface area contributed by atoms with E-state index in [9.17, 15) is 4.79 Å². The number of rotatable bonds is 2. The van der Waals surface area contributed by atoms with Crippen LogP contribution in [0.5, 0.6) is 0 Å². The summed E-state index contributed by atoms with van der Waals surface area (Å²) in [5, 5.41) is 8.72. The van der Waals surface area contributed by atoms with Gasteiger partial charge in [-0.05, 0) is 11.5 Å². The Kier molecular flexibility index (Phi) is 1.65. The van der Waals surface area contributed by atoms with Gasteiger partial charge in [-0.3, -0.25) is 4.79 Å². The molecule has 60 valence electrons. The first-order valence-corrected chi connectivity index (χ1v) is 3.60. The minimum Gasteiger partial charge on any atom is -0.481 e. The number of carboxylic acid groups (broad SMARTS) is 1. The number of aliphatic carboxylic acids is 1. The summed E-state index contributed by atoms with van der Waals surface area (Å²) in [6.07, 6.45) is 1.75. The molecule has 2 nitrogen and oxygen atoms in total. The van der Waals surface area contributed by atoms with Gasteiger partial charge in [-0.15, -0.1) is 5.73 Å². The lowest BCUT2D eigenvalue weighted by Crippen LogP contribution is -2.02. The van der Waals surface area contributed by atoms with E-state index < -0.39 is 5.97 Å². The first kappa shape index (κ1) is 8.09. The minimum absolute atomic E-state index is 0.101. The van der Waals surface area contributed by atoms with Crippen LogP contribution in [-0.2, 0) is 4.79 Å². The van der Waals surface area contributed by atoms with Crippen molar-refractivity contribution in [2.45, 2.75) is 13.8 Å². The molecular formula is C9H12O2. The number of carbonyl (C=O) groups is 1. The van der Waals surface area contributed by atoms with Crippen LogP contribution in [0.4, 0.5) is 0 Å². The molecule has 0 aromatic carbocycles. The molecule has 1 aliphatic rings. The molecule has 2 unspecified atom stereocenters. The largest absolute Gasteiger partial charge is 0.481 e. The van der Waals surface area contributed by atoms with Gasteiger partial charge in [0.15, 0.2) is 0 Å². The van der Waals surface area contributed by atoms with E-state index in [2.05, 4.69) is 12.3 Å². The van der Waals surface area contributed by atoms with Crippen molar-refractivity contribution in [1.29, 1.82) is 0 Å². The van der Waals surface area contributed by atoms with E-state index in [4.69, 9.17) is 5.11 Å². The summed E-state index contributed by atoms with van der Waals surface area (Å²) in [6, 6.07) is 0. The van der Waals surface area contributed by atoms with E-state index in [1.807, 2.05) is 13.8 Å². The lowest BCUT2D eigenvalue weighted by Gasteiger charge is -1.95. The third-order valence-corrected chi connectivity index (χ3v) is 2.47. The third-order valence-electron chi connectivity index (χ3n) is 2.47. The number of hydrogen-bond donors (Lipinski definition) is 1. The van der Waals surface area contributed by atoms with Gasteiger partial charge >= 0.3 is 5.97 Å². The van der Waals surface area contributed by atoms with Crippen LogP contribution in [0.1, 0.15) is 13.8 Å². The van der Waals surface area contributed by atoms with Gasteiger partial charge in [0, 0.05) is 5.92 Å². The second-order valence-electron chi connectivity index (χ2n) is 3.53. The number of carboxylic acids is 1. The van der Waals surface area contributed by atoms with E-state index in [1.165, 1.54) is 0 Å². The maximum atomic E-state index is 10.6. The van der Waals surface area contributed by atoms with Crippen molar-refractivity contribution in [2.24, 2.45) is 17.3 Å². The van der Waals surface area contributed by atoms with Crippen molar-refractivity contribution in [1.82, 2.24) is 0 Å². The summed E-state index contributed by atoms with van der Waals surface area (Å²) in [5.74, 6) is -0.833. The fraction of sp³-hybridized carbons (Fsp3) is 0.556. The third kappa shape index (κ3) is 1.10. The molecule has 1 saturated carbocycles. The Morgan fingerprint density at radius 2 is 2.27 bits per heavy atom. The molecule has 1 rings (SSSR count). The molecule has 1 fully saturated rings. The molecule has 0 aromatic rings. The van der Waals surface area contributed by atoms with Gasteiger partial charge in [0.25, 0.3) is 0 Å². The van der Waals surface area contributed by atoms with Crippen LogP contribution in [-0.4, -0.2) is 11.1 Å². The molecule has 0 aromatic heterocycles. The molecule has 1 N–H and O–H groups in total. The molecule has 2 atom stereocenters. The van der Waals surface area contributed by atoms with Gasteiger partial charge in [-0.2, -0.15) is 0 Å². The van der Waals surface area contributed by atoms with Crippen LogP contribution < -0.4 is 0 Å². The molecule has 0 aliphatic heterocycles. The van der Waals surface area contributed by atoms with Crippen molar-refractivity contribution in [3.63, 3.8) is 0 Å². The summed E-state index contributed by atoms with van der Waals surface area (Å²) in [6.45, 7) is 7.32. The molecule has 0 amide bonds. The Morgan fingerprint density at radius 3 is 2.55 bits per heavy atom. The maximum absolute atomic E-state index is 10.6.